The van der Waals surface area contributed by atoms with Crippen molar-refractivity contribution in [3.63, 3.8) is 0 Å². The summed E-state index contributed by atoms with van der Waals surface area (Å²) in [4.78, 5) is 14.2. The van der Waals surface area contributed by atoms with Crippen molar-refractivity contribution in [3.05, 3.63) is 70.2 Å². The Kier molecular flexibility index (Phi) is 5.97. The lowest BCUT2D eigenvalue weighted by atomic mass is 10.2. The number of anilines is 1. The van der Waals surface area contributed by atoms with Crippen LogP contribution in [0, 0.1) is 0 Å². The van der Waals surface area contributed by atoms with E-state index in [0.717, 1.165) is 11.4 Å². The number of nitrogens with zero attached hydrogens (tertiary/aromatic N) is 3. The van der Waals surface area contributed by atoms with Gasteiger partial charge in [-0.3, -0.25) is 4.79 Å². The molecule has 0 saturated heterocycles. The second-order valence-corrected chi connectivity index (χ2v) is 7.36. The molecule has 0 unspecified atom stereocenters. The fourth-order valence-corrected chi connectivity index (χ4v) is 3.68. The molecule has 7 nitrogen and oxygen atoms in total. The number of hydrogen-bond donors (Lipinski definition) is 1. The van der Waals surface area contributed by atoms with Gasteiger partial charge in [0.15, 0.2) is 5.75 Å². The highest BCUT2D eigenvalue weighted by Crippen LogP contribution is 2.34. The molecule has 1 aromatic heterocycles. The van der Waals surface area contributed by atoms with E-state index in [0.29, 0.717) is 34.6 Å². The third-order valence-corrected chi connectivity index (χ3v) is 5.04. The van der Waals surface area contributed by atoms with E-state index >= 15 is 0 Å². The number of methoxy groups -OCH3 is 1. The number of hydrogen-bond acceptors (Lipinski definition) is 5. The first-order chi connectivity index (χ1) is 15.0. The molecule has 0 aliphatic carbocycles. The van der Waals surface area contributed by atoms with Crippen molar-refractivity contribution in [2.45, 2.75) is 6.92 Å². The minimum Gasteiger partial charge on any atom is -0.494 e. The first-order valence-electron chi connectivity index (χ1n) is 9.43. The van der Waals surface area contributed by atoms with Crippen molar-refractivity contribution in [3.8, 4) is 17.2 Å². The normalized spacial score (nSPS) is 10.8. The molecule has 4 rings (SSSR count). The van der Waals surface area contributed by atoms with Crippen LogP contribution >= 0.6 is 23.2 Å². The minimum atomic E-state index is -0.357. The molecule has 0 fully saturated rings. The summed E-state index contributed by atoms with van der Waals surface area (Å²) in [6.45, 7) is 2.54. The van der Waals surface area contributed by atoms with Crippen molar-refractivity contribution in [1.82, 2.24) is 15.0 Å². The number of ether oxygens (including phenoxy) is 2. The number of carbonyl (C=O) groups is 1. The zero-order valence-corrected chi connectivity index (χ0v) is 18.2. The molecule has 1 N–H and O–H groups in total. The van der Waals surface area contributed by atoms with Gasteiger partial charge in [0.2, 0.25) is 0 Å². The molecule has 31 heavy (non-hydrogen) atoms. The molecule has 0 aliphatic rings. The van der Waals surface area contributed by atoms with E-state index in [4.69, 9.17) is 32.7 Å². The maximum absolute atomic E-state index is 12.6. The second-order valence-electron chi connectivity index (χ2n) is 6.55. The van der Waals surface area contributed by atoms with Crippen LogP contribution in [0.2, 0.25) is 10.0 Å². The maximum atomic E-state index is 12.6. The third-order valence-electron chi connectivity index (χ3n) is 4.48. The van der Waals surface area contributed by atoms with Gasteiger partial charge in [0, 0.05) is 11.3 Å². The van der Waals surface area contributed by atoms with Gasteiger partial charge in [0.25, 0.3) is 5.91 Å². The summed E-state index contributed by atoms with van der Waals surface area (Å²) in [6, 6.07) is 15.8. The van der Waals surface area contributed by atoms with E-state index in [1.165, 1.54) is 24.0 Å². The van der Waals surface area contributed by atoms with Crippen molar-refractivity contribution in [2.24, 2.45) is 0 Å². The Balaban J connectivity index is 1.56. The van der Waals surface area contributed by atoms with E-state index in [2.05, 4.69) is 15.5 Å². The van der Waals surface area contributed by atoms with E-state index in [9.17, 15) is 4.79 Å². The average molecular weight is 457 g/mol. The summed E-state index contributed by atoms with van der Waals surface area (Å²) in [5.74, 6) is 0.753. The van der Waals surface area contributed by atoms with Gasteiger partial charge in [-0.1, -0.05) is 23.2 Å². The first kappa shape index (κ1) is 21.0. The zero-order chi connectivity index (χ0) is 22.0. The Bertz CT molecular complexity index is 1230. The molecule has 1 amide bonds. The Labute approximate surface area is 188 Å². The first-order valence-corrected chi connectivity index (χ1v) is 10.2. The Morgan fingerprint density at radius 1 is 1.00 bits per heavy atom. The summed E-state index contributed by atoms with van der Waals surface area (Å²) >= 11 is 12.3. The average Bonchev–Trinajstić information content (AvgIpc) is 3.17. The van der Waals surface area contributed by atoms with Crippen molar-refractivity contribution >= 4 is 45.8 Å². The predicted molar refractivity (Wildman–Crippen MR) is 121 cm³/mol. The molecule has 9 heteroatoms. The number of aromatic nitrogens is 3. The number of amides is 1. The lowest BCUT2D eigenvalue weighted by Crippen LogP contribution is -2.12. The standard InChI is InChI=1S/C22H18Cl2N4O3/c1-3-31-16-7-5-15(6-8-16)28-26-19-9-4-14(12-20(19)27-28)25-22(29)13-10-17(23)21(30-2)18(24)11-13/h4-12H,3H2,1-2H3,(H,25,29). The lowest BCUT2D eigenvalue weighted by Gasteiger charge is -2.09. The van der Waals surface area contributed by atoms with Crippen molar-refractivity contribution < 1.29 is 14.3 Å². The molecule has 158 valence electrons. The number of rotatable bonds is 6. The Hall–Kier alpha value is -3.29. The third kappa shape index (κ3) is 4.42. The Morgan fingerprint density at radius 3 is 2.32 bits per heavy atom. The van der Waals surface area contributed by atoms with Gasteiger partial charge in [-0.2, -0.15) is 4.80 Å². The molecule has 0 bridgehead atoms. The van der Waals surface area contributed by atoms with E-state index < -0.39 is 0 Å². The molecule has 0 saturated carbocycles. The molecule has 0 atom stereocenters. The topological polar surface area (TPSA) is 78.3 Å². The fraction of sp³-hybridized carbons (Fsp3) is 0.136. The van der Waals surface area contributed by atoms with Gasteiger partial charge < -0.3 is 14.8 Å². The van der Waals surface area contributed by atoms with Crippen LogP contribution in [-0.4, -0.2) is 34.6 Å². The van der Waals surface area contributed by atoms with E-state index in [-0.39, 0.29) is 16.0 Å². The number of fused-ring (bicyclic) bond motifs is 1. The molecule has 0 aliphatic heterocycles. The van der Waals surface area contributed by atoms with Gasteiger partial charge in [0.05, 0.1) is 29.4 Å². The van der Waals surface area contributed by atoms with Crippen molar-refractivity contribution in [2.75, 3.05) is 19.0 Å². The van der Waals surface area contributed by atoms with Crippen LogP contribution in [0.3, 0.4) is 0 Å². The number of nitrogens with one attached hydrogen (secondary N) is 1. The van der Waals surface area contributed by atoms with Crippen LogP contribution < -0.4 is 14.8 Å². The highest BCUT2D eigenvalue weighted by molar-refractivity contribution is 6.37. The summed E-state index contributed by atoms with van der Waals surface area (Å²) in [7, 11) is 1.46. The van der Waals surface area contributed by atoms with Crippen LogP contribution in [-0.2, 0) is 0 Å². The van der Waals surface area contributed by atoms with Crippen molar-refractivity contribution in [1.29, 1.82) is 0 Å². The summed E-state index contributed by atoms with van der Waals surface area (Å²) in [5.41, 5.74) is 3.01. The highest BCUT2D eigenvalue weighted by Gasteiger charge is 2.14. The summed E-state index contributed by atoms with van der Waals surface area (Å²) in [5, 5.41) is 12.3. The van der Waals surface area contributed by atoms with Crippen LogP contribution in [0.4, 0.5) is 5.69 Å². The van der Waals surface area contributed by atoms with Crippen LogP contribution in [0.1, 0.15) is 17.3 Å². The summed E-state index contributed by atoms with van der Waals surface area (Å²) < 4.78 is 10.6. The second kappa shape index (κ2) is 8.83. The van der Waals surface area contributed by atoms with E-state index in [1.807, 2.05) is 31.2 Å². The largest absolute Gasteiger partial charge is 0.494 e. The van der Waals surface area contributed by atoms with Gasteiger partial charge in [-0.05, 0) is 61.5 Å². The predicted octanol–water partition coefficient (Wildman–Crippen LogP) is 5.39. The van der Waals surface area contributed by atoms with E-state index in [1.54, 1.807) is 18.2 Å². The van der Waals surface area contributed by atoms with Gasteiger partial charge in [-0.15, -0.1) is 10.2 Å². The maximum Gasteiger partial charge on any atom is 0.255 e. The van der Waals surface area contributed by atoms with Gasteiger partial charge in [-0.25, -0.2) is 0 Å². The quantitative estimate of drug-likeness (QED) is 0.420. The molecule has 0 spiro atoms. The fourth-order valence-electron chi connectivity index (χ4n) is 3.04. The molecule has 4 aromatic rings. The Morgan fingerprint density at radius 2 is 1.68 bits per heavy atom. The summed E-state index contributed by atoms with van der Waals surface area (Å²) in [6.07, 6.45) is 0. The number of halogens is 2. The lowest BCUT2D eigenvalue weighted by molar-refractivity contribution is 0.102. The molecule has 0 radical (unpaired) electrons. The van der Waals surface area contributed by atoms with Crippen LogP contribution in [0.5, 0.6) is 11.5 Å². The number of carbonyl (C=O) groups excluding carboxylic acids is 1. The zero-order valence-electron chi connectivity index (χ0n) is 16.7. The van der Waals surface area contributed by atoms with Gasteiger partial charge >= 0.3 is 0 Å². The molecule has 1 heterocycles. The van der Waals surface area contributed by atoms with Gasteiger partial charge in [0.1, 0.15) is 16.8 Å². The molecular weight excluding hydrogens is 439 g/mol. The van der Waals surface area contributed by atoms with Crippen LogP contribution in [0.15, 0.2) is 54.6 Å². The highest BCUT2D eigenvalue weighted by atomic mass is 35.5. The van der Waals surface area contributed by atoms with Crippen LogP contribution in [0.25, 0.3) is 16.7 Å². The molecular formula is C22H18Cl2N4O3. The monoisotopic (exact) mass is 456 g/mol. The smallest absolute Gasteiger partial charge is 0.255 e. The number of benzene rings is 3. The minimum absolute atomic E-state index is 0.258. The molecule has 3 aromatic carbocycles. The SMILES string of the molecule is CCOc1ccc(-n2nc3ccc(NC(=O)c4cc(Cl)c(OC)c(Cl)c4)cc3n2)cc1.